The number of aliphatic hydroxyl groups is 1. The maximum absolute atomic E-state index is 12.0. The number of urea groups is 1. The van der Waals surface area contributed by atoms with Crippen LogP contribution in [-0.4, -0.2) is 51.7 Å². The fraction of sp³-hybridized carbons (Fsp3) is 0.842. The van der Waals surface area contributed by atoms with E-state index in [-0.39, 0.29) is 18.4 Å². The molecule has 1 saturated carbocycles. The summed E-state index contributed by atoms with van der Waals surface area (Å²) in [5.41, 5.74) is 0. The normalized spacial score (nSPS) is 22.5. The third kappa shape index (κ3) is 6.27. The molecule has 3 N–H and O–H groups in total. The van der Waals surface area contributed by atoms with Gasteiger partial charge < -0.3 is 15.1 Å². The molecular weight excluding hydrogens is 336 g/mol. The first-order valence-electron chi connectivity index (χ1n) is 10.0. The minimum Gasteiger partial charge on any atom is -0.481 e. The summed E-state index contributed by atoms with van der Waals surface area (Å²) >= 11 is 0. The molecule has 3 amide bonds. The predicted molar refractivity (Wildman–Crippen MR) is 96.6 cm³/mol. The summed E-state index contributed by atoms with van der Waals surface area (Å²) in [6, 6.07) is -0.817. The van der Waals surface area contributed by atoms with Gasteiger partial charge in [-0.3, -0.25) is 14.9 Å². The smallest absolute Gasteiger partial charge is 0.324 e. The summed E-state index contributed by atoms with van der Waals surface area (Å²) in [7, 11) is 0. The Labute approximate surface area is 155 Å². The second-order valence-corrected chi connectivity index (χ2v) is 7.60. The van der Waals surface area contributed by atoms with E-state index in [0.717, 1.165) is 44.9 Å². The number of imide groups is 1. The zero-order chi connectivity index (χ0) is 18.9. The van der Waals surface area contributed by atoms with Gasteiger partial charge in [-0.1, -0.05) is 38.5 Å². The number of carbonyl (C=O) groups is 3. The number of aliphatic hydroxyl groups excluding tert-OH is 1. The second kappa shape index (κ2) is 10.5. The summed E-state index contributed by atoms with van der Waals surface area (Å²) in [4.78, 5) is 36.1. The fourth-order valence-corrected chi connectivity index (χ4v) is 4.08. The van der Waals surface area contributed by atoms with Gasteiger partial charge in [-0.2, -0.15) is 0 Å². The lowest BCUT2D eigenvalue weighted by Gasteiger charge is -2.29. The molecule has 2 rings (SSSR count). The lowest BCUT2D eigenvalue weighted by Crippen LogP contribution is -2.38. The van der Waals surface area contributed by atoms with Crippen molar-refractivity contribution in [3.05, 3.63) is 0 Å². The molecule has 2 aliphatic rings. The molecule has 1 heterocycles. The highest BCUT2D eigenvalue weighted by molar-refractivity contribution is 6.04. The standard InChI is InChI=1S/C19H32N2O5/c22-16(14-8-4-3-5-9-14)12-13-21-15(18(25)20-19(21)26)10-6-1-2-7-11-17(23)24/h14-16,22H,1-13H2,(H,23,24)(H,20,25,26)/t15-,16-/m0/s1. The number of unbranched alkanes of at least 4 members (excludes halogenated alkanes) is 3. The van der Waals surface area contributed by atoms with Crippen LogP contribution in [0.5, 0.6) is 0 Å². The van der Waals surface area contributed by atoms with E-state index in [2.05, 4.69) is 5.32 Å². The van der Waals surface area contributed by atoms with E-state index >= 15 is 0 Å². The lowest BCUT2D eigenvalue weighted by molar-refractivity contribution is -0.137. The first-order chi connectivity index (χ1) is 12.5. The summed E-state index contributed by atoms with van der Waals surface area (Å²) in [5, 5.41) is 21.4. The molecule has 148 valence electrons. The van der Waals surface area contributed by atoms with Crippen molar-refractivity contribution in [1.29, 1.82) is 0 Å². The molecule has 2 fully saturated rings. The van der Waals surface area contributed by atoms with Gasteiger partial charge in [0.1, 0.15) is 6.04 Å². The third-order valence-electron chi connectivity index (χ3n) is 5.65. The Bertz CT molecular complexity index is 490. The minimum atomic E-state index is -0.784. The molecule has 0 unspecified atom stereocenters. The van der Waals surface area contributed by atoms with Crippen molar-refractivity contribution < 1.29 is 24.6 Å². The van der Waals surface area contributed by atoms with Crippen LogP contribution >= 0.6 is 0 Å². The molecule has 0 bridgehead atoms. The molecule has 0 aromatic carbocycles. The van der Waals surface area contributed by atoms with Crippen LogP contribution in [0.4, 0.5) is 4.79 Å². The molecule has 0 aromatic heterocycles. The van der Waals surface area contributed by atoms with E-state index in [1.54, 1.807) is 4.90 Å². The van der Waals surface area contributed by atoms with Gasteiger partial charge in [0, 0.05) is 13.0 Å². The fourth-order valence-electron chi connectivity index (χ4n) is 4.08. The highest BCUT2D eigenvalue weighted by Gasteiger charge is 2.38. The van der Waals surface area contributed by atoms with Crippen molar-refractivity contribution in [2.45, 2.75) is 89.2 Å². The Hall–Kier alpha value is -1.63. The Morgan fingerprint density at radius 2 is 1.81 bits per heavy atom. The highest BCUT2D eigenvalue weighted by atomic mass is 16.4. The van der Waals surface area contributed by atoms with Gasteiger partial charge in [0.2, 0.25) is 0 Å². The summed E-state index contributed by atoms with van der Waals surface area (Å²) < 4.78 is 0. The third-order valence-corrected chi connectivity index (χ3v) is 5.65. The van der Waals surface area contributed by atoms with Crippen LogP contribution in [0.25, 0.3) is 0 Å². The number of nitrogens with one attached hydrogen (secondary N) is 1. The minimum absolute atomic E-state index is 0.174. The number of carbonyl (C=O) groups excluding carboxylic acids is 2. The molecule has 7 heteroatoms. The predicted octanol–water partition coefficient (Wildman–Crippen LogP) is 2.66. The quantitative estimate of drug-likeness (QED) is 0.384. The Morgan fingerprint density at radius 3 is 2.50 bits per heavy atom. The van der Waals surface area contributed by atoms with Gasteiger partial charge in [-0.15, -0.1) is 0 Å². The van der Waals surface area contributed by atoms with Crippen molar-refractivity contribution in [1.82, 2.24) is 10.2 Å². The van der Waals surface area contributed by atoms with Gasteiger partial charge in [-0.25, -0.2) is 4.79 Å². The molecule has 1 aliphatic heterocycles. The van der Waals surface area contributed by atoms with Crippen molar-refractivity contribution in [3.63, 3.8) is 0 Å². The van der Waals surface area contributed by atoms with Crippen LogP contribution in [-0.2, 0) is 9.59 Å². The largest absolute Gasteiger partial charge is 0.481 e. The number of carboxylic acids is 1. The van der Waals surface area contributed by atoms with E-state index in [1.807, 2.05) is 0 Å². The van der Waals surface area contributed by atoms with Gasteiger partial charge in [0.25, 0.3) is 5.91 Å². The van der Waals surface area contributed by atoms with E-state index in [9.17, 15) is 19.5 Å². The van der Waals surface area contributed by atoms with Gasteiger partial charge in [0.15, 0.2) is 0 Å². The maximum atomic E-state index is 12.0. The van der Waals surface area contributed by atoms with Gasteiger partial charge in [0.05, 0.1) is 6.10 Å². The zero-order valence-corrected chi connectivity index (χ0v) is 15.5. The molecule has 0 spiro atoms. The van der Waals surface area contributed by atoms with Crippen molar-refractivity contribution in [3.8, 4) is 0 Å². The maximum Gasteiger partial charge on any atom is 0.324 e. The van der Waals surface area contributed by atoms with E-state index < -0.39 is 18.1 Å². The first-order valence-corrected chi connectivity index (χ1v) is 10.0. The molecule has 0 radical (unpaired) electrons. The number of hydrogen-bond acceptors (Lipinski definition) is 4. The number of hydrogen-bond donors (Lipinski definition) is 3. The van der Waals surface area contributed by atoms with E-state index in [4.69, 9.17) is 5.11 Å². The topological polar surface area (TPSA) is 107 Å². The summed E-state index contributed by atoms with van der Waals surface area (Å²) in [5.74, 6) is -0.723. The van der Waals surface area contributed by atoms with Crippen LogP contribution in [0.3, 0.4) is 0 Å². The number of aliphatic carboxylic acids is 1. The van der Waals surface area contributed by atoms with Crippen LogP contribution in [0, 0.1) is 5.92 Å². The van der Waals surface area contributed by atoms with Crippen LogP contribution in [0.2, 0.25) is 0 Å². The van der Waals surface area contributed by atoms with Crippen molar-refractivity contribution in [2.24, 2.45) is 5.92 Å². The average Bonchev–Trinajstić information content (AvgIpc) is 2.89. The summed E-state index contributed by atoms with van der Waals surface area (Å²) in [6.07, 6.45) is 9.62. The SMILES string of the molecule is O=C(O)CCCCCC[C@H]1C(=O)NC(=O)N1CC[C@H](O)C1CCCCC1. The molecule has 1 saturated heterocycles. The highest BCUT2D eigenvalue weighted by Crippen LogP contribution is 2.28. The van der Waals surface area contributed by atoms with Crippen LogP contribution in [0.15, 0.2) is 0 Å². The lowest BCUT2D eigenvalue weighted by atomic mass is 9.84. The monoisotopic (exact) mass is 368 g/mol. The second-order valence-electron chi connectivity index (χ2n) is 7.60. The Morgan fingerprint density at radius 1 is 1.12 bits per heavy atom. The van der Waals surface area contributed by atoms with Crippen LogP contribution < -0.4 is 5.32 Å². The molecule has 26 heavy (non-hydrogen) atoms. The first kappa shape index (κ1) is 20.7. The molecular formula is C19H32N2O5. The van der Waals surface area contributed by atoms with Gasteiger partial charge >= 0.3 is 12.0 Å². The van der Waals surface area contributed by atoms with Crippen molar-refractivity contribution in [2.75, 3.05) is 6.54 Å². The summed E-state index contributed by atoms with van der Waals surface area (Å²) in [6.45, 7) is 0.402. The Balaban J connectivity index is 1.73. The number of carboxylic acid groups (broad SMARTS) is 1. The number of rotatable bonds is 11. The van der Waals surface area contributed by atoms with E-state index in [0.29, 0.717) is 31.7 Å². The van der Waals surface area contributed by atoms with Crippen molar-refractivity contribution >= 4 is 17.9 Å². The molecule has 0 aromatic rings. The van der Waals surface area contributed by atoms with Crippen LogP contribution in [0.1, 0.15) is 77.0 Å². The number of amides is 3. The molecule has 1 aliphatic carbocycles. The molecule has 2 atom stereocenters. The molecule has 7 nitrogen and oxygen atoms in total. The average molecular weight is 368 g/mol. The number of nitrogens with zero attached hydrogens (tertiary/aromatic N) is 1. The van der Waals surface area contributed by atoms with E-state index in [1.165, 1.54) is 6.42 Å². The Kier molecular flexibility index (Phi) is 8.35. The van der Waals surface area contributed by atoms with Gasteiger partial charge in [-0.05, 0) is 38.0 Å². The zero-order valence-electron chi connectivity index (χ0n) is 15.5.